The molecule has 0 saturated carbocycles. The summed E-state index contributed by atoms with van der Waals surface area (Å²) < 4.78 is 81.1. The number of hydrogen-bond donors (Lipinski definition) is 1. The number of methoxy groups -OCH3 is 5. The summed E-state index contributed by atoms with van der Waals surface area (Å²) in [4.78, 5) is 14.0. The fourth-order valence-electron chi connectivity index (χ4n) is 8.86. The zero-order valence-corrected chi connectivity index (χ0v) is 50.9. The van der Waals surface area contributed by atoms with E-state index in [9.17, 15) is 4.79 Å². The van der Waals surface area contributed by atoms with Crippen molar-refractivity contribution in [3.8, 4) is 11.5 Å². The molecule has 0 spiro atoms. The van der Waals surface area contributed by atoms with Gasteiger partial charge in [-0.1, -0.05) is 114 Å². The third-order valence-electron chi connectivity index (χ3n) is 15.2. The van der Waals surface area contributed by atoms with Crippen LogP contribution in [0, 0.1) is 5.92 Å². The van der Waals surface area contributed by atoms with Crippen molar-refractivity contribution in [1.29, 1.82) is 0 Å². The van der Waals surface area contributed by atoms with Crippen LogP contribution in [0.4, 0.5) is 5.69 Å². The largest absolute Gasteiger partial charge is 0.497 e. The van der Waals surface area contributed by atoms with Crippen molar-refractivity contribution in [2.75, 3.05) is 47.5 Å². The predicted molar refractivity (Wildman–Crippen MR) is 291 cm³/mol. The molecule has 0 fully saturated rings. The molecule has 0 radical (unpaired) electrons. The number of nitrogens with one attached hydrogen (secondary N) is 1. The molecule has 5 atom stereocenters. The van der Waals surface area contributed by atoms with Crippen LogP contribution in [0.2, 0.25) is 52.9 Å². The second kappa shape index (κ2) is 26.0. The second-order valence-corrected chi connectivity index (χ2v) is 39.9. The van der Waals surface area contributed by atoms with Crippen LogP contribution in [0.1, 0.15) is 127 Å². The lowest BCUT2D eigenvalue weighted by Gasteiger charge is -2.48. The van der Waals surface area contributed by atoms with Gasteiger partial charge in [0.1, 0.15) is 11.5 Å². The van der Waals surface area contributed by atoms with Gasteiger partial charge in [-0.25, -0.2) is 8.42 Å². The third kappa shape index (κ3) is 16.1. The monoisotopic (exact) mass is 1040 g/mol. The molecule has 2 aromatic carbocycles. The summed E-state index contributed by atoms with van der Waals surface area (Å²) >= 11 is 0. The molecule has 69 heavy (non-hydrogen) atoms. The second-order valence-electron chi connectivity index (χ2n) is 22.8. The minimum atomic E-state index is -4.11. The van der Waals surface area contributed by atoms with Crippen molar-refractivity contribution in [3.05, 3.63) is 59.7 Å². The van der Waals surface area contributed by atoms with E-state index in [2.05, 4.69) is 122 Å². The summed E-state index contributed by atoms with van der Waals surface area (Å²) in [6.45, 7) is 40.1. The molecule has 2 aromatic rings. The standard InChI is InChI=1S/C53H95NO11SSi3/c1-36(2)69(37(3)4,38(5)6)64-46(34-49(60-17)61-18)40(8)50(65-68(22,23)53(12,13)14)39(7)29-30-47(66(56,57)43-27-25-24-26-28-43)44-31-41(58-15)32-45(51(44)62-19)54-48(55)33-42(59-16)35-63-67(20,21)52(9,10)11/h24-29,31-32,36-38,40,42,46-47,49-50H,30,33-35H2,1-23H3,(H,54,55)/b39-29-/t40-,42+,46-,47?,50-/m0/s1. The number of anilines is 1. The van der Waals surface area contributed by atoms with Gasteiger partial charge >= 0.3 is 0 Å². The van der Waals surface area contributed by atoms with E-state index < -0.39 is 58.5 Å². The number of benzene rings is 2. The molecule has 396 valence electrons. The van der Waals surface area contributed by atoms with Crippen molar-refractivity contribution < 1.29 is 50.2 Å². The summed E-state index contributed by atoms with van der Waals surface area (Å²) in [5, 5.41) is 1.68. The normalized spacial score (nSPS) is 16.0. The minimum absolute atomic E-state index is 0.00235. The Morgan fingerprint density at radius 2 is 1.28 bits per heavy atom. The summed E-state index contributed by atoms with van der Waals surface area (Å²) in [7, 11) is -3.30. The van der Waals surface area contributed by atoms with Crippen molar-refractivity contribution in [2.45, 2.75) is 204 Å². The highest BCUT2D eigenvalue weighted by atomic mass is 32.2. The van der Waals surface area contributed by atoms with E-state index in [0.717, 1.165) is 5.57 Å². The maximum atomic E-state index is 15.2. The van der Waals surface area contributed by atoms with Crippen molar-refractivity contribution >= 4 is 46.4 Å². The summed E-state index contributed by atoms with van der Waals surface area (Å²) in [5.41, 5.74) is 2.47. The topological polar surface area (TPSA) is 137 Å². The first kappa shape index (κ1) is 62.7. The zero-order chi connectivity index (χ0) is 53.1. The van der Waals surface area contributed by atoms with E-state index >= 15 is 8.42 Å². The molecule has 0 aliphatic rings. The van der Waals surface area contributed by atoms with Gasteiger partial charge in [-0.15, -0.1) is 0 Å². The van der Waals surface area contributed by atoms with Crippen LogP contribution in [0.5, 0.6) is 11.5 Å². The first-order valence-electron chi connectivity index (χ1n) is 24.8. The smallest absolute Gasteiger partial charge is 0.227 e. The molecule has 16 heteroatoms. The Morgan fingerprint density at radius 3 is 1.72 bits per heavy atom. The third-order valence-corrected chi connectivity index (χ3v) is 32.4. The highest BCUT2D eigenvalue weighted by Gasteiger charge is 2.50. The van der Waals surface area contributed by atoms with E-state index in [1.165, 1.54) is 14.2 Å². The molecule has 0 saturated heterocycles. The van der Waals surface area contributed by atoms with Gasteiger partial charge < -0.3 is 42.3 Å². The van der Waals surface area contributed by atoms with Gasteiger partial charge in [-0.2, -0.15) is 0 Å². The first-order chi connectivity index (χ1) is 31.7. The number of ether oxygens (including phenoxy) is 5. The molecular formula is C53H95NO11SSi3. The fourth-order valence-corrected chi connectivity index (χ4v) is 18.7. The number of sulfone groups is 1. The SMILES string of the molecule is COc1cc(NC(=O)C[C@H](CO[Si](C)(C)C(C)(C)C)OC)c(OC)c(C(C/C=C(/C)[C@H](O[Si](C)(C)C(C)(C)C)[C@@H](C)[C@H](CC(OC)OC)O[Si](C(C)C)(C(C)C)C(C)C)S(=O)(=O)c2ccccc2)c1. The Balaban J connectivity index is 2.93. The number of carbonyl (C=O) groups is 1. The fraction of sp³-hybridized carbons (Fsp3) is 0.717. The number of rotatable bonds is 28. The van der Waals surface area contributed by atoms with E-state index in [4.69, 9.17) is 37.0 Å². The van der Waals surface area contributed by atoms with Gasteiger partial charge in [0.05, 0.1) is 61.4 Å². The van der Waals surface area contributed by atoms with Crippen LogP contribution >= 0.6 is 0 Å². The summed E-state index contributed by atoms with van der Waals surface area (Å²) in [6.07, 6.45) is 0.719. The number of hydrogen-bond acceptors (Lipinski definition) is 11. The lowest BCUT2D eigenvalue weighted by molar-refractivity contribution is -0.129. The van der Waals surface area contributed by atoms with Gasteiger partial charge in [0, 0.05) is 45.3 Å². The van der Waals surface area contributed by atoms with Gasteiger partial charge in [0.15, 0.2) is 32.8 Å². The van der Waals surface area contributed by atoms with E-state index in [0.29, 0.717) is 34.4 Å². The molecule has 1 amide bonds. The van der Waals surface area contributed by atoms with Crippen LogP contribution in [0.15, 0.2) is 59.0 Å². The maximum absolute atomic E-state index is 15.2. The Hall–Kier alpha value is -2.39. The van der Waals surface area contributed by atoms with Crippen molar-refractivity contribution in [2.24, 2.45) is 5.92 Å². The van der Waals surface area contributed by atoms with Crippen LogP contribution in [-0.2, 0) is 42.1 Å². The lowest BCUT2D eigenvalue weighted by Crippen LogP contribution is -2.54. The van der Waals surface area contributed by atoms with E-state index in [-0.39, 0.29) is 63.8 Å². The van der Waals surface area contributed by atoms with E-state index in [1.807, 2.05) is 13.0 Å². The zero-order valence-electron chi connectivity index (χ0n) is 47.0. The van der Waals surface area contributed by atoms with Crippen LogP contribution in [0.25, 0.3) is 0 Å². The van der Waals surface area contributed by atoms with Gasteiger partial charge in [-0.3, -0.25) is 4.79 Å². The molecule has 0 bridgehead atoms. The average molecular weight is 1040 g/mol. The molecule has 12 nitrogen and oxygen atoms in total. The van der Waals surface area contributed by atoms with Crippen molar-refractivity contribution in [3.63, 3.8) is 0 Å². The molecule has 1 unspecified atom stereocenters. The quantitative estimate of drug-likeness (QED) is 0.0495. The molecule has 0 aliphatic carbocycles. The Morgan fingerprint density at radius 1 is 0.739 bits per heavy atom. The summed E-state index contributed by atoms with van der Waals surface area (Å²) in [5.74, 6) is 0.0132. The molecule has 1 N–H and O–H groups in total. The Labute approximate surface area is 423 Å². The van der Waals surface area contributed by atoms with Crippen LogP contribution in [-0.4, -0.2) is 106 Å². The first-order valence-corrected chi connectivity index (χ1v) is 34.3. The summed E-state index contributed by atoms with van der Waals surface area (Å²) in [6, 6.07) is 11.8. The van der Waals surface area contributed by atoms with Crippen molar-refractivity contribution in [1.82, 2.24) is 0 Å². The van der Waals surface area contributed by atoms with Crippen LogP contribution in [0.3, 0.4) is 0 Å². The maximum Gasteiger partial charge on any atom is 0.227 e. The molecular weight excluding hydrogens is 943 g/mol. The molecule has 0 heterocycles. The number of carbonyl (C=O) groups excluding carboxylic acids is 1. The molecule has 0 aromatic heterocycles. The predicted octanol–water partition coefficient (Wildman–Crippen LogP) is 13.5. The Bertz CT molecular complexity index is 2020. The minimum Gasteiger partial charge on any atom is -0.497 e. The molecule has 2 rings (SSSR count). The van der Waals surface area contributed by atoms with E-state index in [1.54, 1.807) is 63.8 Å². The van der Waals surface area contributed by atoms with Crippen LogP contribution < -0.4 is 14.8 Å². The van der Waals surface area contributed by atoms with Gasteiger partial charge in [-0.05, 0) is 90.0 Å². The highest BCUT2D eigenvalue weighted by Crippen LogP contribution is 2.48. The number of amides is 1. The lowest BCUT2D eigenvalue weighted by atomic mass is 9.90. The molecule has 0 aliphatic heterocycles. The van der Waals surface area contributed by atoms with Gasteiger partial charge in [0.25, 0.3) is 0 Å². The average Bonchev–Trinajstić information content (AvgIpc) is 3.25. The van der Waals surface area contributed by atoms with Gasteiger partial charge in [0.2, 0.25) is 14.2 Å². The highest BCUT2D eigenvalue weighted by molar-refractivity contribution is 7.91. The Kier molecular flexibility index (Phi) is 23.6. The number of allylic oxidation sites excluding steroid dienone is 1.